The summed E-state index contributed by atoms with van der Waals surface area (Å²) in [5.74, 6) is -0.0934. The van der Waals surface area contributed by atoms with Gasteiger partial charge in [-0.3, -0.25) is 9.59 Å². The van der Waals surface area contributed by atoms with Crippen LogP contribution in [0.5, 0.6) is 0 Å². The summed E-state index contributed by atoms with van der Waals surface area (Å²) >= 11 is 0. The molecule has 1 aliphatic heterocycles. The molecule has 0 bridgehead atoms. The molecule has 1 aromatic rings. The first-order valence-electron chi connectivity index (χ1n) is 7.43. The number of anilines is 1. The number of carbonyl (C=O) groups is 2. The van der Waals surface area contributed by atoms with E-state index in [0.717, 1.165) is 30.6 Å². The minimum atomic E-state index is -0.103. The lowest BCUT2D eigenvalue weighted by atomic mass is 10.1. The normalized spacial score (nSPS) is 17.8. The molecule has 1 aliphatic rings. The summed E-state index contributed by atoms with van der Waals surface area (Å²) in [6.45, 7) is 6.62. The molecular weight excluding hydrogens is 266 g/mol. The fraction of sp³-hybridized carbons (Fsp3) is 0.500. The van der Waals surface area contributed by atoms with Crippen LogP contribution in [0.1, 0.15) is 42.6 Å². The summed E-state index contributed by atoms with van der Waals surface area (Å²) in [5.41, 5.74) is 2.22. The Balaban J connectivity index is 2.04. The lowest BCUT2D eigenvalue weighted by molar-refractivity contribution is -0.117. The van der Waals surface area contributed by atoms with Gasteiger partial charge in [0.05, 0.1) is 6.04 Å². The number of hydrogen-bond donors (Lipinski definition) is 3. The van der Waals surface area contributed by atoms with Crippen LogP contribution >= 0.6 is 0 Å². The monoisotopic (exact) mass is 289 g/mol. The van der Waals surface area contributed by atoms with E-state index in [1.54, 1.807) is 12.1 Å². The van der Waals surface area contributed by atoms with Crippen LogP contribution in [-0.4, -0.2) is 30.4 Å². The molecule has 2 rings (SSSR count). The molecule has 0 saturated carbocycles. The zero-order valence-corrected chi connectivity index (χ0v) is 12.8. The second kappa shape index (κ2) is 6.72. The van der Waals surface area contributed by atoms with E-state index in [0.29, 0.717) is 5.56 Å². The molecule has 0 radical (unpaired) electrons. The van der Waals surface area contributed by atoms with Crippen molar-refractivity contribution in [1.82, 2.24) is 10.6 Å². The van der Waals surface area contributed by atoms with Crippen LogP contribution in [0.25, 0.3) is 0 Å². The van der Waals surface area contributed by atoms with E-state index >= 15 is 0 Å². The smallest absolute Gasteiger partial charge is 0.251 e. The second-order valence-electron chi connectivity index (χ2n) is 5.80. The first kappa shape index (κ1) is 15.5. The van der Waals surface area contributed by atoms with Crippen LogP contribution in [0, 0.1) is 6.92 Å². The van der Waals surface area contributed by atoms with Crippen molar-refractivity contribution in [2.75, 3.05) is 11.9 Å². The number of nitrogens with one attached hydrogen (secondary N) is 3. The highest BCUT2D eigenvalue weighted by Crippen LogP contribution is 2.16. The van der Waals surface area contributed by atoms with Gasteiger partial charge >= 0.3 is 0 Å². The number of benzene rings is 1. The summed E-state index contributed by atoms with van der Waals surface area (Å²) in [6.07, 6.45) is 1.91. The van der Waals surface area contributed by atoms with Crippen molar-refractivity contribution < 1.29 is 9.59 Å². The molecule has 1 aromatic carbocycles. The highest BCUT2D eigenvalue weighted by molar-refractivity contribution is 5.98. The maximum Gasteiger partial charge on any atom is 0.251 e. The Labute approximate surface area is 125 Å². The molecule has 3 N–H and O–H groups in total. The average molecular weight is 289 g/mol. The van der Waals surface area contributed by atoms with Gasteiger partial charge in [0, 0.05) is 17.3 Å². The van der Waals surface area contributed by atoms with E-state index in [-0.39, 0.29) is 23.9 Å². The molecule has 5 nitrogen and oxygen atoms in total. The fourth-order valence-electron chi connectivity index (χ4n) is 2.47. The van der Waals surface area contributed by atoms with Gasteiger partial charge in [-0.15, -0.1) is 0 Å². The van der Waals surface area contributed by atoms with Gasteiger partial charge in [-0.25, -0.2) is 0 Å². The van der Waals surface area contributed by atoms with Crippen LogP contribution in [0.4, 0.5) is 5.69 Å². The van der Waals surface area contributed by atoms with Crippen LogP contribution in [0.15, 0.2) is 18.2 Å². The van der Waals surface area contributed by atoms with Crippen molar-refractivity contribution in [3.63, 3.8) is 0 Å². The molecule has 1 saturated heterocycles. The van der Waals surface area contributed by atoms with Crippen LogP contribution in [-0.2, 0) is 4.79 Å². The van der Waals surface area contributed by atoms with Gasteiger partial charge in [0.2, 0.25) is 5.91 Å². The minimum Gasteiger partial charge on any atom is -0.350 e. The predicted octanol–water partition coefficient (Wildman–Crippen LogP) is 1.82. The Kier molecular flexibility index (Phi) is 4.96. The van der Waals surface area contributed by atoms with Crippen LogP contribution in [0.3, 0.4) is 0 Å². The molecule has 0 aromatic heterocycles. The molecule has 0 aliphatic carbocycles. The highest BCUT2D eigenvalue weighted by Gasteiger charge is 2.22. The lowest BCUT2D eigenvalue weighted by Crippen LogP contribution is -2.35. The molecule has 21 heavy (non-hydrogen) atoms. The summed E-state index contributed by atoms with van der Waals surface area (Å²) in [7, 11) is 0. The van der Waals surface area contributed by atoms with E-state index in [1.807, 2.05) is 26.8 Å². The number of amides is 2. The molecule has 1 heterocycles. The van der Waals surface area contributed by atoms with Gasteiger partial charge in [0.15, 0.2) is 0 Å². The van der Waals surface area contributed by atoms with Gasteiger partial charge in [0.1, 0.15) is 0 Å². The Morgan fingerprint density at radius 1 is 1.33 bits per heavy atom. The average Bonchev–Trinajstić information content (AvgIpc) is 2.91. The van der Waals surface area contributed by atoms with E-state index in [4.69, 9.17) is 0 Å². The zero-order chi connectivity index (χ0) is 15.4. The van der Waals surface area contributed by atoms with Crippen molar-refractivity contribution in [3.8, 4) is 0 Å². The molecule has 1 fully saturated rings. The third-order valence-corrected chi connectivity index (χ3v) is 3.54. The Morgan fingerprint density at radius 2 is 2.10 bits per heavy atom. The first-order chi connectivity index (χ1) is 9.97. The van der Waals surface area contributed by atoms with E-state index < -0.39 is 0 Å². The molecule has 114 valence electrons. The van der Waals surface area contributed by atoms with Crippen LogP contribution in [0.2, 0.25) is 0 Å². The first-order valence-corrected chi connectivity index (χ1v) is 7.43. The number of carbonyl (C=O) groups excluding carboxylic acids is 2. The predicted molar refractivity (Wildman–Crippen MR) is 83.4 cm³/mol. The maximum absolute atomic E-state index is 12.0. The number of aryl methyl sites for hydroxylation is 1. The summed E-state index contributed by atoms with van der Waals surface area (Å²) in [4.78, 5) is 24.0. The van der Waals surface area contributed by atoms with Crippen molar-refractivity contribution in [3.05, 3.63) is 29.3 Å². The standard InChI is InChI=1S/C16H23N3O2/c1-10(2)18-15(20)13-7-6-12(9-11(13)3)19-16(21)14-5-4-8-17-14/h6-7,9-10,14,17H,4-5,8H2,1-3H3,(H,18,20)(H,19,21). The summed E-state index contributed by atoms with van der Waals surface area (Å²) in [6, 6.07) is 5.36. The number of hydrogen-bond acceptors (Lipinski definition) is 3. The zero-order valence-electron chi connectivity index (χ0n) is 12.8. The van der Waals surface area contributed by atoms with Crippen molar-refractivity contribution in [1.29, 1.82) is 0 Å². The van der Waals surface area contributed by atoms with Gasteiger partial charge < -0.3 is 16.0 Å². The quantitative estimate of drug-likeness (QED) is 0.792. The van der Waals surface area contributed by atoms with E-state index in [2.05, 4.69) is 16.0 Å². The molecule has 2 amide bonds. The lowest BCUT2D eigenvalue weighted by Gasteiger charge is -2.14. The van der Waals surface area contributed by atoms with Crippen molar-refractivity contribution in [2.24, 2.45) is 0 Å². The minimum absolute atomic E-state index is 0.00807. The fourth-order valence-corrected chi connectivity index (χ4v) is 2.47. The summed E-state index contributed by atoms with van der Waals surface area (Å²) in [5, 5.41) is 8.93. The maximum atomic E-state index is 12.0. The Morgan fingerprint density at radius 3 is 2.67 bits per heavy atom. The van der Waals surface area contributed by atoms with Crippen molar-refractivity contribution in [2.45, 2.75) is 45.7 Å². The van der Waals surface area contributed by atoms with Gasteiger partial charge in [-0.1, -0.05) is 0 Å². The molecular formula is C16H23N3O2. The molecule has 5 heteroatoms. The summed E-state index contributed by atoms with van der Waals surface area (Å²) < 4.78 is 0. The highest BCUT2D eigenvalue weighted by atomic mass is 16.2. The SMILES string of the molecule is Cc1cc(NC(=O)C2CCCN2)ccc1C(=O)NC(C)C. The van der Waals surface area contributed by atoms with E-state index in [1.165, 1.54) is 0 Å². The Bertz CT molecular complexity index is 534. The Hall–Kier alpha value is -1.88. The molecule has 1 atom stereocenters. The van der Waals surface area contributed by atoms with E-state index in [9.17, 15) is 9.59 Å². The second-order valence-corrected chi connectivity index (χ2v) is 5.80. The van der Waals surface area contributed by atoms with Gasteiger partial charge in [-0.2, -0.15) is 0 Å². The number of rotatable bonds is 4. The van der Waals surface area contributed by atoms with Gasteiger partial charge in [0.25, 0.3) is 5.91 Å². The van der Waals surface area contributed by atoms with Crippen LogP contribution < -0.4 is 16.0 Å². The molecule has 1 unspecified atom stereocenters. The topological polar surface area (TPSA) is 70.2 Å². The van der Waals surface area contributed by atoms with Gasteiger partial charge in [-0.05, 0) is 63.9 Å². The van der Waals surface area contributed by atoms with Crippen molar-refractivity contribution >= 4 is 17.5 Å². The molecule has 0 spiro atoms. The third kappa shape index (κ3) is 4.04. The third-order valence-electron chi connectivity index (χ3n) is 3.54. The largest absolute Gasteiger partial charge is 0.350 e.